The van der Waals surface area contributed by atoms with E-state index in [0.717, 1.165) is 5.69 Å². The van der Waals surface area contributed by atoms with Gasteiger partial charge >= 0.3 is 0 Å². The van der Waals surface area contributed by atoms with Crippen LogP contribution in [0, 0.1) is 5.82 Å². The zero-order chi connectivity index (χ0) is 23.4. The number of hydrogen-bond donors (Lipinski definition) is 0. The van der Waals surface area contributed by atoms with Crippen LogP contribution in [0.2, 0.25) is 0 Å². The van der Waals surface area contributed by atoms with Gasteiger partial charge in [-0.2, -0.15) is 5.10 Å². The van der Waals surface area contributed by atoms with E-state index in [1.54, 1.807) is 34.9 Å². The molecule has 1 aliphatic heterocycles. The van der Waals surface area contributed by atoms with Crippen molar-refractivity contribution in [3.05, 3.63) is 71.0 Å². The molecule has 0 unspecified atom stereocenters. The Bertz CT molecular complexity index is 1210. The number of benzene rings is 2. The van der Waals surface area contributed by atoms with Crippen LogP contribution in [0.1, 0.15) is 12.0 Å². The first-order valence-electron chi connectivity index (χ1n) is 10.2. The molecular formula is C24H22FN3O3S2. The second kappa shape index (κ2) is 10.3. The minimum Gasteiger partial charge on any atom is -0.494 e. The zero-order valence-corrected chi connectivity index (χ0v) is 19.8. The Kier molecular flexibility index (Phi) is 7.22. The van der Waals surface area contributed by atoms with Gasteiger partial charge in [0.1, 0.15) is 10.0 Å². The van der Waals surface area contributed by atoms with Crippen molar-refractivity contribution in [1.82, 2.24) is 14.7 Å². The fourth-order valence-electron chi connectivity index (χ4n) is 3.44. The van der Waals surface area contributed by atoms with Gasteiger partial charge in [0.25, 0.3) is 5.91 Å². The lowest BCUT2D eigenvalue weighted by Crippen LogP contribution is -2.29. The number of carbonyl (C=O) groups excluding carboxylic acids is 1. The molecule has 1 aliphatic rings. The Morgan fingerprint density at radius 3 is 2.67 bits per heavy atom. The Morgan fingerprint density at radius 2 is 1.97 bits per heavy atom. The quantitative estimate of drug-likeness (QED) is 0.257. The molecule has 170 valence electrons. The number of rotatable bonds is 8. The Morgan fingerprint density at radius 1 is 1.18 bits per heavy atom. The van der Waals surface area contributed by atoms with E-state index < -0.39 is 5.82 Å². The van der Waals surface area contributed by atoms with Gasteiger partial charge in [-0.25, -0.2) is 9.07 Å². The van der Waals surface area contributed by atoms with Crippen LogP contribution in [0.25, 0.3) is 23.0 Å². The molecule has 0 spiro atoms. The van der Waals surface area contributed by atoms with Crippen molar-refractivity contribution >= 4 is 40.3 Å². The van der Waals surface area contributed by atoms with E-state index >= 15 is 0 Å². The molecule has 3 aromatic rings. The number of hydrogen-bond acceptors (Lipinski definition) is 6. The maximum Gasteiger partial charge on any atom is 0.266 e. The average Bonchev–Trinajstić information content (AvgIpc) is 3.36. The summed E-state index contributed by atoms with van der Waals surface area (Å²) in [6, 6.07) is 14.3. The van der Waals surface area contributed by atoms with Crippen molar-refractivity contribution in [2.75, 3.05) is 27.4 Å². The standard InChI is InChI=1S/C24H22FN3O3S2/c1-30-12-6-11-27-23(29)21(33-24(27)32)14-17-15-28(18-7-4-3-5-8-18)26-22(17)16-9-10-20(31-2)19(25)13-16/h3-5,7-10,13-15H,6,11-12H2,1-2H3/b21-14-. The minimum absolute atomic E-state index is 0.152. The van der Waals surface area contributed by atoms with Crippen LogP contribution in [0.3, 0.4) is 0 Å². The second-order valence-corrected chi connectivity index (χ2v) is 8.92. The first-order chi connectivity index (χ1) is 16.0. The fraction of sp³-hybridized carbons (Fsp3) is 0.208. The monoisotopic (exact) mass is 483 g/mol. The highest BCUT2D eigenvalue weighted by Gasteiger charge is 2.32. The summed E-state index contributed by atoms with van der Waals surface area (Å²) in [6.07, 6.45) is 4.28. The molecule has 6 nitrogen and oxygen atoms in total. The molecule has 2 heterocycles. The number of thiocarbonyl (C=S) groups is 1. The van der Waals surface area contributed by atoms with Gasteiger partial charge in [0.15, 0.2) is 11.6 Å². The zero-order valence-electron chi connectivity index (χ0n) is 18.2. The van der Waals surface area contributed by atoms with Crippen LogP contribution in [0.5, 0.6) is 5.75 Å². The van der Waals surface area contributed by atoms with E-state index in [1.807, 2.05) is 36.5 Å². The number of aromatic nitrogens is 2. The average molecular weight is 484 g/mol. The first-order valence-corrected chi connectivity index (χ1v) is 11.5. The van der Waals surface area contributed by atoms with Gasteiger partial charge in [-0.3, -0.25) is 9.69 Å². The van der Waals surface area contributed by atoms with Crippen LogP contribution >= 0.6 is 24.0 Å². The summed E-state index contributed by atoms with van der Waals surface area (Å²) in [4.78, 5) is 15.1. The lowest BCUT2D eigenvalue weighted by atomic mass is 10.1. The van der Waals surface area contributed by atoms with E-state index in [0.29, 0.717) is 45.6 Å². The molecule has 1 saturated heterocycles. The van der Waals surface area contributed by atoms with Crippen LogP contribution in [-0.2, 0) is 9.53 Å². The largest absolute Gasteiger partial charge is 0.494 e. The van der Waals surface area contributed by atoms with Gasteiger partial charge in [-0.05, 0) is 42.8 Å². The highest BCUT2D eigenvalue weighted by atomic mass is 32.2. The fourth-order valence-corrected chi connectivity index (χ4v) is 4.74. The molecule has 4 rings (SSSR count). The smallest absolute Gasteiger partial charge is 0.266 e. The predicted molar refractivity (Wildman–Crippen MR) is 132 cm³/mol. The topological polar surface area (TPSA) is 56.6 Å². The molecule has 0 radical (unpaired) electrons. The molecule has 0 aliphatic carbocycles. The number of amides is 1. The van der Waals surface area contributed by atoms with Crippen LogP contribution < -0.4 is 4.74 Å². The highest BCUT2D eigenvalue weighted by Crippen LogP contribution is 2.35. The van der Waals surface area contributed by atoms with Crippen molar-refractivity contribution in [2.24, 2.45) is 0 Å². The molecule has 0 bridgehead atoms. The molecule has 33 heavy (non-hydrogen) atoms. The predicted octanol–water partition coefficient (Wildman–Crippen LogP) is 4.92. The van der Waals surface area contributed by atoms with Gasteiger partial charge in [0.2, 0.25) is 0 Å². The molecule has 1 aromatic heterocycles. The molecule has 0 atom stereocenters. The number of thioether (sulfide) groups is 1. The third-order valence-electron chi connectivity index (χ3n) is 5.08. The van der Waals surface area contributed by atoms with Gasteiger partial charge in [-0.1, -0.05) is 42.2 Å². The number of methoxy groups -OCH3 is 2. The summed E-state index contributed by atoms with van der Waals surface area (Å²) < 4.78 is 26.8. The Hall–Kier alpha value is -3.01. The number of carbonyl (C=O) groups is 1. The van der Waals surface area contributed by atoms with Crippen molar-refractivity contribution in [1.29, 1.82) is 0 Å². The first kappa shape index (κ1) is 23.2. The van der Waals surface area contributed by atoms with Crippen molar-refractivity contribution in [3.63, 3.8) is 0 Å². The van der Waals surface area contributed by atoms with Crippen LogP contribution in [0.4, 0.5) is 4.39 Å². The van der Waals surface area contributed by atoms with Gasteiger partial charge in [0, 0.05) is 37.6 Å². The molecule has 1 fully saturated rings. The van der Waals surface area contributed by atoms with Crippen molar-refractivity contribution < 1.29 is 18.7 Å². The summed E-state index contributed by atoms with van der Waals surface area (Å²) in [7, 11) is 3.04. The van der Waals surface area contributed by atoms with Crippen LogP contribution in [-0.4, -0.2) is 52.3 Å². The van der Waals surface area contributed by atoms with E-state index in [9.17, 15) is 9.18 Å². The molecule has 2 aromatic carbocycles. The van der Waals surface area contributed by atoms with Crippen molar-refractivity contribution in [2.45, 2.75) is 6.42 Å². The summed E-state index contributed by atoms with van der Waals surface area (Å²) in [5, 5.41) is 4.69. The number of halogens is 1. The maximum atomic E-state index is 14.4. The Balaban J connectivity index is 1.74. The van der Waals surface area contributed by atoms with Gasteiger partial charge in [0.05, 0.1) is 17.7 Å². The molecule has 0 saturated carbocycles. The summed E-state index contributed by atoms with van der Waals surface area (Å²) in [6.45, 7) is 1.04. The molecular weight excluding hydrogens is 461 g/mol. The lowest BCUT2D eigenvalue weighted by molar-refractivity contribution is -0.122. The van der Waals surface area contributed by atoms with Crippen LogP contribution in [0.15, 0.2) is 59.6 Å². The lowest BCUT2D eigenvalue weighted by Gasteiger charge is -2.13. The van der Waals surface area contributed by atoms with Gasteiger partial charge < -0.3 is 9.47 Å². The summed E-state index contributed by atoms with van der Waals surface area (Å²) in [5.41, 5.74) is 2.65. The van der Waals surface area contributed by atoms with E-state index in [1.165, 1.54) is 24.9 Å². The van der Waals surface area contributed by atoms with E-state index in [4.69, 9.17) is 26.8 Å². The number of para-hydroxylation sites is 1. The SMILES string of the molecule is COCCCN1C(=O)/C(=C/c2cn(-c3ccccc3)nc2-c2ccc(OC)c(F)c2)SC1=S. The van der Waals surface area contributed by atoms with Crippen molar-refractivity contribution in [3.8, 4) is 22.7 Å². The normalized spacial score (nSPS) is 15.0. The second-order valence-electron chi connectivity index (χ2n) is 7.24. The summed E-state index contributed by atoms with van der Waals surface area (Å²) in [5.74, 6) is -0.486. The third kappa shape index (κ3) is 5.00. The summed E-state index contributed by atoms with van der Waals surface area (Å²) >= 11 is 6.67. The number of ether oxygens (including phenoxy) is 2. The molecule has 1 amide bonds. The molecule has 0 N–H and O–H groups in total. The maximum absolute atomic E-state index is 14.4. The number of nitrogens with zero attached hydrogens (tertiary/aromatic N) is 3. The molecule has 9 heteroatoms. The highest BCUT2D eigenvalue weighted by molar-refractivity contribution is 8.26. The van der Waals surface area contributed by atoms with E-state index in [-0.39, 0.29) is 11.7 Å². The minimum atomic E-state index is -0.486. The Labute approximate surface area is 201 Å². The third-order valence-corrected chi connectivity index (χ3v) is 6.46. The van der Waals surface area contributed by atoms with Gasteiger partial charge in [-0.15, -0.1) is 0 Å². The van der Waals surface area contributed by atoms with E-state index in [2.05, 4.69) is 0 Å².